The largest absolute Gasteiger partial charge is 0.481 e. The van der Waals surface area contributed by atoms with E-state index in [4.69, 9.17) is 5.11 Å². The molecule has 1 aromatic carbocycles. The average molecular weight is 345 g/mol. The summed E-state index contributed by atoms with van der Waals surface area (Å²) in [6.07, 6.45) is 3.16. The van der Waals surface area contributed by atoms with Crippen LogP contribution in [0.15, 0.2) is 24.3 Å². The number of nitrogens with one attached hydrogen (secondary N) is 2. The Hall–Kier alpha value is -2.57. The van der Waals surface area contributed by atoms with Gasteiger partial charge in [0.15, 0.2) is 0 Å². The van der Waals surface area contributed by atoms with Crippen LogP contribution in [0.2, 0.25) is 0 Å². The fourth-order valence-corrected chi connectivity index (χ4v) is 3.47. The molecule has 1 aliphatic heterocycles. The lowest BCUT2D eigenvalue weighted by molar-refractivity contribution is -0.143. The number of carbonyl (C=O) groups excluding carboxylic acids is 2. The van der Waals surface area contributed by atoms with E-state index in [0.29, 0.717) is 44.5 Å². The van der Waals surface area contributed by atoms with Crippen LogP contribution in [-0.2, 0) is 9.59 Å². The molecule has 2 fully saturated rings. The van der Waals surface area contributed by atoms with Gasteiger partial charge < -0.3 is 15.7 Å². The fourth-order valence-electron chi connectivity index (χ4n) is 3.47. The van der Waals surface area contributed by atoms with E-state index >= 15 is 0 Å². The van der Waals surface area contributed by atoms with Gasteiger partial charge in [-0.1, -0.05) is 6.07 Å². The highest BCUT2D eigenvalue weighted by Gasteiger charge is 2.29. The van der Waals surface area contributed by atoms with E-state index in [1.807, 2.05) is 12.1 Å². The number of aliphatic carboxylic acids is 1. The summed E-state index contributed by atoms with van der Waals surface area (Å²) in [6.45, 7) is 1.34. The van der Waals surface area contributed by atoms with Gasteiger partial charge in [0.25, 0.3) is 0 Å². The summed E-state index contributed by atoms with van der Waals surface area (Å²) >= 11 is 0. The van der Waals surface area contributed by atoms with Crippen molar-refractivity contribution in [1.82, 2.24) is 5.32 Å². The van der Waals surface area contributed by atoms with E-state index in [1.54, 1.807) is 17.0 Å². The third kappa shape index (κ3) is 4.10. The predicted octanol–water partition coefficient (Wildman–Crippen LogP) is 2.44. The van der Waals surface area contributed by atoms with E-state index in [9.17, 15) is 14.4 Å². The maximum atomic E-state index is 12.4. The first-order valence-corrected chi connectivity index (χ1v) is 8.73. The molecule has 3 N–H and O–H groups in total. The number of urea groups is 1. The number of carboxylic acids is 1. The topological polar surface area (TPSA) is 98.7 Å². The Morgan fingerprint density at radius 3 is 2.56 bits per heavy atom. The summed E-state index contributed by atoms with van der Waals surface area (Å²) in [5, 5.41) is 14.7. The molecule has 134 valence electrons. The van der Waals surface area contributed by atoms with E-state index in [1.165, 1.54) is 0 Å². The minimum Gasteiger partial charge on any atom is -0.481 e. The van der Waals surface area contributed by atoms with Crippen LogP contribution in [0.25, 0.3) is 0 Å². The van der Waals surface area contributed by atoms with Crippen LogP contribution in [0.5, 0.6) is 0 Å². The van der Waals surface area contributed by atoms with Gasteiger partial charge in [0.1, 0.15) is 0 Å². The van der Waals surface area contributed by atoms with Crippen molar-refractivity contribution in [2.24, 2.45) is 11.8 Å². The Morgan fingerprint density at radius 2 is 1.88 bits per heavy atom. The van der Waals surface area contributed by atoms with Crippen molar-refractivity contribution >= 4 is 29.3 Å². The number of nitrogens with zero attached hydrogens (tertiary/aromatic N) is 1. The Bertz CT molecular complexity index is 668. The monoisotopic (exact) mass is 345 g/mol. The first-order valence-electron chi connectivity index (χ1n) is 8.73. The van der Waals surface area contributed by atoms with Gasteiger partial charge in [-0.25, -0.2) is 4.79 Å². The van der Waals surface area contributed by atoms with E-state index in [-0.39, 0.29) is 23.8 Å². The first kappa shape index (κ1) is 17.3. The summed E-state index contributed by atoms with van der Waals surface area (Å²) in [5.74, 6) is -1.34. The van der Waals surface area contributed by atoms with Crippen LogP contribution in [-0.4, -0.2) is 36.1 Å². The molecule has 0 radical (unpaired) electrons. The lowest BCUT2D eigenvalue weighted by atomic mass is 9.81. The summed E-state index contributed by atoms with van der Waals surface area (Å²) in [6, 6.07) is 7.13. The molecule has 7 nitrogen and oxygen atoms in total. The number of hydrogen-bond donors (Lipinski definition) is 3. The smallest absolute Gasteiger partial charge is 0.321 e. The van der Waals surface area contributed by atoms with Gasteiger partial charge in [0, 0.05) is 30.4 Å². The lowest BCUT2D eigenvalue weighted by Crippen LogP contribution is -2.46. The highest BCUT2D eigenvalue weighted by Crippen LogP contribution is 2.30. The molecule has 25 heavy (non-hydrogen) atoms. The molecular formula is C18H23N3O4. The van der Waals surface area contributed by atoms with Crippen molar-refractivity contribution in [2.75, 3.05) is 23.3 Å². The number of rotatable bonds is 4. The number of benzene rings is 1. The SMILES string of the molecule is O=C(O)C1CCC(C(=O)Nc2cccc(N3CCCNC3=O)c2)CC1. The molecule has 1 saturated heterocycles. The summed E-state index contributed by atoms with van der Waals surface area (Å²) in [4.78, 5) is 37.0. The molecule has 0 bridgehead atoms. The molecule has 0 atom stereocenters. The molecular weight excluding hydrogens is 322 g/mol. The molecule has 1 heterocycles. The molecule has 7 heteroatoms. The van der Waals surface area contributed by atoms with Gasteiger partial charge in [-0.15, -0.1) is 0 Å². The molecule has 1 aliphatic carbocycles. The van der Waals surface area contributed by atoms with Gasteiger partial charge in [-0.2, -0.15) is 0 Å². The molecule has 3 amide bonds. The van der Waals surface area contributed by atoms with Crippen molar-refractivity contribution in [3.05, 3.63) is 24.3 Å². The number of carboxylic acid groups (broad SMARTS) is 1. The van der Waals surface area contributed by atoms with Crippen LogP contribution >= 0.6 is 0 Å². The predicted molar refractivity (Wildman–Crippen MR) is 93.5 cm³/mol. The van der Waals surface area contributed by atoms with E-state index < -0.39 is 5.97 Å². The molecule has 0 spiro atoms. The van der Waals surface area contributed by atoms with Crippen LogP contribution in [0, 0.1) is 11.8 Å². The zero-order valence-electron chi connectivity index (χ0n) is 14.0. The first-order chi connectivity index (χ1) is 12.0. The van der Waals surface area contributed by atoms with E-state index in [0.717, 1.165) is 12.1 Å². The van der Waals surface area contributed by atoms with Gasteiger partial charge in [0.2, 0.25) is 5.91 Å². The Morgan fingerprint density at radius 1 is 1.16 bits per heavy atom. The maximum Gasteiger partial charge on any atom is 0.321 e. The Balaban J connectivity index is 1.61. The summed E-state index contributed by atoms with van der Waals surface area (Å²) in [7, 11) is 0. The maximum absolute atomic E-state index is 12.4. The van der Waals surface area contributed by atoms with Crippen molar-refractivity contribution in [3.63, 3.8) is 0 Å². The second kappa shape index (κ2) is 7.55. The van der Waals surface area contributed by atoms with Crippen LogP contribution in [0.1, 0.15) is 32.1 Å². The molecule has 1 aromatic rings. The van der Waals surface area contributed by atoms with Crippen LogP contribution < -0.4 is 15.5 Å². The van der Waals surface area contributed by atoms with Crippen LogP contribution in [0.3, 0.4) is 0 Å². The van der Waals surface area contributed by atoms with Gasteiger partial charge in [-0.3, -0.25) is 14.5 Å². The number of amides is 3. The van der Waals surface area contributed by atoms with E-state index in [2.05, 4.69) is 10.6 Å². The quantitative estimate of drug-likeness (QED) is 0.780. The molecule has 1 saturated carbocycles. The summed E-state index contributed by atoms with van der Waals surface area (Å²) in [5.41, 5.74) is 1.41. The molecule has 3 rings (SSSR count). The normalized spacial score (nSPS) is 23.7. The van der Waals surface area contributed by atoms with Gasteiger partial charge in [-0.05, 0) is 50.3 Å². The number of anilines is 2. The molecule has 0 unspecified atom stereocenters. The minimum atomic E-state index is -0.772. The highest BCUT2D eigenvalue weighted by atomic mass is 16.4. The number of carbonyl (C=O) groups is 3. The van der Waals surface area contributed by atoms with Gasteiger partial charge >= 0.3 is 12.0 Å². The second-order valence-electron chi connectivity index (χ2n) is 6.66. The third-order valence-corrected chi connectivity index (χ3v) is 4.95. The number of hydrogen-bond acceptors (Lipinski definition) is 3. The molecule has 0 aromatic heterocycles. The Labute approximate surface area is 146 Å². The van der Waals surface area contributed by atoms with Crippen LogP contribution in [0.4, 0.5) is 16.2 Å². The van der Waals surface area contributed by atoms with Crippen molar-refractivity contribution < 1.29 is 19.5 Å². The molecule has 2 aliphatic rings. The minimum absolute atomic E-state index is 0.0796. The fraction of sp³-hybridized carbons (Fsp3) is 0.500. The average Bonchev–Trinajstić information content (AvgIpc) is 2.62. The summed E-state index contributed by atoms with van der Waals surface area (Å²) < 4.78 is 0. The van der Waals surface area contributed by atoms with Crippen molar-refractivity contribution in [2.45, 2.75) is 32.1 Å². The van der Waals surface area contributed by atoms with Gasteiger partial charge in [0.05, 0.1) is 5.92 Å². The van der Waals surface area contributed by atoms with Crippen molar-refractivity contribution in [1.29, 1.82) is 0 Å². The standard InChI is InChI=1S/C18H23N3O4/c22-16(12-5-7-13(8-6-12)17(23)24)20-14-3-1-4-15(11-14)21-10-2-9-19-18(21)25/h1,3-4,11-13H,2,5-10H2,(H,19,25)(H,20,22)(H,23,24). The zero-order chi connectivity index (χ0) is 17.8. The second-order valence-corrected chi connectivity index (χ2v) is 6.66. The highest BCUT2D eigenvalue weighted by molar-refractivity contribution is 5.96. The Kier molecular flexibility index (Phi) is 5.21. The lowest BCUT2D eigenvalue weighted by Gasteiger charge is -2.28. The van der Waals surface area contributed by atoms with Crippen molar-refractivity contribution in [3.8, 4) is 0 Å². The zero-order valence-corrected chi connectivity index (χ0v) is 14.0. The third-order valence-electron chi connectivity index (χ3n) is 4.95.